The van der Waals surface area contributed by atoms with Gasteiger partial charge in [0, 0.05) is 91.1 Å². The summed E-state index contributed by atoms with van der Waals surface area (Å²) in [6.45, 7) is 29.8. The van der Waals surface area contributed by atoms with Crippen molar-refractivity contribution in [2.75, 3.05) is 39.8 Å². The van der Waals surface area contributed by atoms with Crippen molar-refractivity contribution < 1.29 is 104 Å². The number of ketones is 2. The number of rotatable bonds is 17. The highest BCUT2D eigenvalue weighted by atomic mass is 16.8. The van der Waals surface area contributed by atoms with Crippen LogP contribution in [0.3, 0.4) is 0 Å². The van der Waals surface area contributed by atoms with Gasteiger partial charge in [-0.25, -0.2) is 4.79 Å². The summed E-state index contributed by atoms with van der Waals surface area (Å²) in [5.74, 6) is -8.64. The molecule has 484 valence electrons. The first kappa shape index (κ1) is 70.0. The Morgan fingerprint density at radius 2 is 1.37 bits per heavy atom. The lowest BCUT2D eigenvalue weighted by Gasteiger charge is -2.46. The van der Waals surface area contributed by atoms with Gasteiger partial charge in [0.25, 0.3) is 0 Å². The summed E-state index contributed by atoms with van der Waals surface area (Å²) in [6, 6.07) is 3.45. The summed E-state index contributed by atoms with van der Waals surface area (Å²) in [5.41, 5.74) is -1.86. The lowest BCUT2D eigenvalue weighted by atomic mass is 9.69. The van der Waals surface area contributed by atoms with Crippen LogP contribution in [0.5, 0.6) is 0 Å². The molecular formula is C63H97N2O21+. The van der Waals surface area contributed by atoms with E-state index in [0.717, 1.165) is 5.69 Å². The van der Waals surface area contributed by atoms with Gasteiger partial charge in [-0.3, -0.25) is 24.0 Å². The van der Waals surface area contributed by atoms with Crippen LogP contribution in [0.1, 0.15) is 136 Å². The molecule has 5 aliphatic rings. The highest BCUT2D eigenvalue weighted by Crippen LogP contribution is 2.45. The molecule has 0 spiro atoms. The number of carbonyl (C=O) groups is 7. The van der Waals surface area contributed by atoms with Crippen LogP contribution in [0.2, 0.25) is 0 Å². The zero-order valence-electron chi connectivity index (χ0n) is 53.9. The van der Waals surface area contributed by atoms with Gasteiger partial charge in [0.2, 0.25) is 0 Å². The lowest BCUT2D eigenvalue weighted by molar-refractivity contribution is -0.588. The van der Waals surface area contributed by atoms with E-state index in [1.807, 2.05) is 67.5 Å². The van der Waals surface area contributed by atoms with Crippen LogP contribution in [0.15, 0.2) is 36.7 Å². The maximum absolute atomic E-state index is 16.1. The number of hydrogen-bond donors (Lipinski definition) is 0. The Labute approximate surface area is 507 Å². The van der Waals surface area contributed by atoms with E-state index >= 15 is 9.59 Å². The molecule has 4 aliphatic heterocycles. The largest absolute Gasteiger partial charge is 0.602 e. The molecule has 23 nitrogen and oxygen atoms in total. The van der Waals surface area contributed by atoms with Gasteiger partial charge in [0.05, 0.1) is 43.0 Å². The van der Waals surface area contributed by atoms with Crippen molar-refractivity contribution in [3.05, 3.63) is 36.7 Å². The second kappa shape index (κ2) is 29.5. The van der Waals surface area contributed by atoms with E-state index in [-0.39, 0.29) is 44.0 Å². The number of fused-ring (bicyclic) bond motifs is 1. The molecule has 1 aromatic rings. The minimum Gasteiger partial charge on any atom is -0.461 e. The highest BCUT2D eigenvalue weighted by Gasteiger charge is 2.58. The molecule has 4 saturated heterocycles. The van der Waals surface area contributed by atoms with Crippen LogP contribution in [-0.4, -0.2) is 174 Å². The Hall–Kier alpha value is -5.14. The number of nitrogens with zero attached hydrogens (tertiary/aromatic N) is 2. The zero-order chi connectivity index (χ0) is 64.0. The highest BCUT2D eigenvalue weighted by molar-refractivity contribution is 5.91. The van der Waals surface area contributed by atoms with Gasteiger partial charge in [-0.1, -0.05) is 66.5 Å². The maximum atomic E-state index is 16.1. The number of pyridine rings is 1. The molecule has 6 rings (SSSR count). The standard InChI is InChI=1S/C63H97N2O21/c1-31(2)25-47(69)81-51-36(7)45(34(5)30-75-58-55(74-20)54(73-19)53(40(11)78-58)80-43(14)67)27-46(68)37(8)52(82-48-29-63(16)57(41(12)77-48)84-61(72)86-63)38(9)49(83-59-50(79-42(13)66)32(3)26-35(6)76-59)33(4)28-62(15,56(70)39(51)10)85-60(71)65-23-21-44(22-24-65)64(17)18/h21-24,31,33-41,45,48-55,57-59H,3,25-30H2,1-2,4-20H3/q+1/t33-,34-,35+,36-,37-,38+,39+,40+,41-,45+,48-,49-,50+,51+,52+,53+,54+,55+,57-,58+,59-,62-,63+/m0/s1. The molecule has 5 heterocycles. The molecule has 1 saturated carbocycles. The van der Waals surface area contributed by atoms with Crippen molar-refractivity contribution in [2.24, 2.45) is 47.3 Å². The quantitative estimate of drug-likeness (QED) is 0.0628. The number of ether oxygens (including phenoxy) is 14. The summed E-state index contributed by atoms with van der Waals surface area (Å²) >= 11 is 0. The Kier molecular flexibility index (Phi) is 24.0. The minimum absolute atomic E-state index is 0.00240. The summed E-state index contributed by atoms with van der Waals surface area (Å²) in [6.07, 6.45) is -11.7. The SMILES string of the molecule is C=C1C[C@@H](C)O[C@@H](O[C@@H]2[C@@H](C)[C@H](O[C@H]3C[C@@]4(C)OC(=O)O[C@H]4[C@H](C)O3)[C@@H](C)C(=O)C[C@H]([C@@H](C)CO[C@@H]3O[C@H](C)[C@@H](OC(C)=O)[C@@H](OC)[C@H]3OC)[C@H](C)[C@@H](OC(=O)CC(C)C)[C@@H](C)C(=O)[C@@](C)(OC(=O)[n+]3ccc(N(C)C)cc3)C[C@@H]2C)[C@@H]1OC(C)=O. The number of Topliss-reactive ketones (excluding diaryl/α,β-unsaturated/α-hetero) is 2. The smallest absolute Gasteiger partial charge is 0.461 e. The number of anilines is 1. The Morgan fingerprint density at radius 3 is 1.97 bits per heavy atom. The lowest BCUT2D eigenvalue weighted by Crippen LogP contribution is -2.60. The molecule has 1 aliphatic carbocycles. The Morgan fingerprint density at radius 1 is 0.733 bits per heavy atom. The second-order valence-electron chi connectivity index (χ2n) is 25.8. The van der Waals surface area contributed by atoms with Crippen molar-refractivity contribution in [1.29, 1.82) is 0 Å². The first-order valence-electron chi connectivity index (χ1n) is 30.3. The Balaban J connectivity index is 1.54. The van der Waals surface area contributed by atoms with Crippen LogP contribution >= 0.6 is 0 Å². The van der Waals surface area contributed by atoms with Gasteiger partial charge < -0.3 is 71.2 Å². The van der Waals surface area contributed by atoms with Crippen LogP contribution in [0, 0.1) is 47.3 Å². The molecule has 0 amide bonds. The second-order valence-corrected chi connectivity index (χ2v) is 25.8. The van der Waals surface area contributed by atoms with Gasteiger partial charge in [-0.15, -0.1) is 0 Å². The molecule has 0 radical (unpaired) electrons. The number of aromatic nitrogens is 1. The summed E-state index contributed by atoms with van der Waals surface area (Å²) in [5, 5.41) is 0. The summed E-state index contributed by atoms with van der Waals surface area (Å²) < 4.78 is 88.9. The van der Waals surface area contributed by atoms with E-state index in [1.165, 1.54) is 52.0 Å². The van der Waals surface area contributed by atoms with Crippen molar-refractivity contribution in [2.45, 2.75) is 233 Å². The van der Waals surface area contributed by atoms with E-state index in [1.54, 1.807) is 46.8 Å². The number of hydrogen-bond acceptors (Lipinski definition) is 22. The van der Waals surface area contributed by atoms with Gasteiger partial charge in [0.15, 0.2) is 66.6 Å². The van der Waals surface area contributed by atoms with Gasteiger partial charge in [0.1, 0.15) is 24.1 Å². The van der Waals surface area contributed by atoms with Crippen LogP contribution in [0.25, 0.3) is 0 Å². The molecule has 0 unspecified atom stereocenters. The molecule has 5 fully saturated rings. The van der Waals surface area contributed by atoms with E-state index in [4.69, 9.17) is 66.3 Å². The molecule has 23 heteroatoms. The molecule has 86 heavy (non-hydrogen) atoms. The monoisotopic (exact) mass is 1220 g/mol. The number of esters is 3. The molecule has 0 aromatic carbocycles. The first-order valence-corrected chi connectivity index (χ1v) is 30.3. The van der Waals surface area contributed by atoms with Crippen molar-refractivity contribution in [3.63, 3.8) is 0 Å². The third-order valence-corrected chi connectivity index (χ3v) is 17.9. The summed E-state index contributed by atoms with van der Waals surface area (Å²) in [4.78, 5) is 100. The average molecular weight is 1220 g/mol. The third-order valence-electron chi connectivity index (χ3n) is 17.9. The number of methoxy groups -OCH3 is 2. The van der Waals surface area contributed by atoms with E-state index in [9.17, 15) is 24.0 Å². The van der Waals surface area contributed by atoms with Crippen LogP contribution in [-0.2, 0) is 90.3 Å². The van der Waals surface area contributed by atoms with E-state index < -0.39 is 175 Å². The van der Waals surface area contributed by atoms with Crippen molar-refractivity contribution in [1.82, 2.24) is 0 Å². The maximum Gasteiger partial charge on any atom is 0.602 e. The van der Waals surface area contributed by atoms with Crippen LogP contribution in [0.4, 0.5) is 15.3 Å². The molecule has 0 bridgehead atoms. The van der Waals surface area contributed by atoms with E-state index in [2.05, 4.69) is 6.58 Å². The normalized spacial score (nSPS) is 38.6. The third kappa shape index (κ3) is 16.6. The van der Waals surface area contributed by atoms with E-state index in [0.29, 0.717) is 12.0 Å². The average Bonchev–Trinajstić information content (AvgIpc) is 1.68. The fourth-order valence-electron chi connectivity index (χ4n) is 13.4. The van der Waals surface area contributed by atoms with Crippen LogP contribution < -0.4 is 9.47 Å². The topological polar surface area (TPSA) is 256 Å². The van der Waals surface area contributed by atoms with Crippen molar-refractivity contribution >= 4 is 47.4 Å². The minimum atomic E-state index is -2.01. The Bertz CT molecular complexity index is 2540. The predicted octanol–water partition coefficient (Wildman–Crippen LogP) is 7.65. The molecule has 1 aromatic heterocycles. The first-order chi connectivity index (χ1) is 40.2. The molecule has 23 atom stereocenters. The van der Waals surface area contributed by atoms with Gasteiger partial charge >= 0.3 is 30.2 Å². The predicted molar refractivity (Wildman–Crippen MR) is 308 cm³/mol. The fourth-order valence-corrected chi connectivity index (χ4v) is 13.4. The van der Waals surface area contributed by atoms with Gasteiger partial charge in [-0.2, -0.15) is 4.79 Å². The molecule has 0 N–H and O–H groups in total. The molecular weight excluding hydrogens is 1120 g/mol. The number of carbonyl (C=O) groups excluding carboxylic acids is 7. The fraction of sp³-hybridized carbons (Fsp3) is 0.778. The van der Waals surface area contributed by atoms with Crippen molar-refractivity contribution in [3.8, 4) is 0 Å². The summed E-state index contributed by atoms with van der Waals surface area (Å²) in [7, 11) is 6.64. The zero-order valence-corrected chi connectivity index (χ0v) is 53.9. The van der Waals surface area contributed by atoms with Gasteiger partial charge in [-0.05, 0) is 82.6 Å².